The Hall–Kier alpha value is -2.72. The minimum absolute atomic E-state index is 0.0973. The van der Waals surface area contributed by atoms with Crippen molar-refractivity contribution >= 4 is 21.3 Å². The van der Waals surface area contributed by atoms with Crippen molar-refractivity contribution in [2.24, 2.45) is 7.05 Å². The first-order chi connectivity index (χ1) is 10.8. The number of hydrogen-bond donors (Lipinski definition) is 2. The number of nitrogens with one attached hydrogen (secondary N) is 1. The standard InChI is InChI=1S/C13H12N4O5S/c1-16-11(18)9-10(15-12(14-9)23(20,21)22)17(13(16)19)7-8-5-3-2-4-6-8/h2-6H,7H2,1H3,(H,14,15)(H,20,21,22). The number of nitrogens with zero attached hydrogens (tertiary/aromatic N) is 3. The quantitative estimate of drug-likeness (QED) is 0.633. The zero-order chi connectivity index (χ0) is 16.8. The van der Waals surface area contributed by atoms with Crippen LogP contribution in [0.1, 0.15) is 5.56 Å². The fraction of sp³-hybridized carbons (Fsp3) is 0.154. The third kappa shape index (κ3) is 2.58. The molecule has 0 fully saturated rings. The molecule has 2 N–H and O–H groups in total. The molecule has 0 atom stereocenters. The number of benzene rings is 1. The van der Waals surface area contributed by atoms with Crippen molar-refractivity contribution in [3.05, 3.63) is 56.7 Å². The van der Waals surface area contributed by atoms with Gasteiger partial charge in [-0.15, -0.1) is 0 Å². The zero-order valence-corrected chi connectivity index (χ0v) is 12.7. The van der Waals surface area contributed by atoms with E-state index < -0.39 is 26.5 Å². The minimum Gasteiger partial charge on any atom is -0.321 e. The molecular formula is C13H12N4O5S. The molecular weight excluding hydrogens is 324 g/mol. The van der Waals surface area contributed by atoms with E-state index >= 15 is 0 Å². The molecule has 0 radical (unpaired) electrons. The summed E-state index contributed by atoms with van der Waals surface area (Å²) in [6.07, 6.45) is 0. The maximum atomic E-state index is 12.3. The molecule has 0 aliphatic carbocycles. The number of H-pyrrole nitrogens is 1. The number of aromatic amines is 1. The lowest BCUT2D eigenvalue weighted by atomic mass is 10.2. The smallest absolute Gasteiger partial charge is 0.321 e. The summed E-state index contributed by atoms with van der Waals surface area (Å²) in [7, 11) is -3.35. The van der Waals surface area contributed by atoms with Crippen molar-refractivity contribution in [1.29, 1.82) is 0 Å². The van der Waals surface area contributed by atoms with Gasteiger partial charge >= 0.3 is 15.8 Å². The molecule has 0 spiro atoms. The fourth-order valence-corrected chi connectivity index (χ4v) is 2.68. The monoisotopic (exact) mass is 336 g/mol. The predicted molar refractivity (Wildman–Crippen MR) is 81.0 cm³/mol. The van der Waals surface area contributed by atoms with Crippen LogP contribution in [0, 0.1) is 0 Å². The Labute approximate surface area is 129 Å². The second-order valence-corrected chi connectivity index (χ2v) is 6.27. The summed E-state index contributed by atoms with van der Waals surface area (Å²) in [6.45, 7) is 0.0973. The van der Waals surface area contributed by atoms with Crippen LogP contribution in [0.4, 0.5) is 0 Å². The molecule has 1 aromatic carbocycles. The highest BCUT2D eigenvalue weighted by Crippen LogP contribution is 2.11. The molecule has 0 bridgehead atoms. The Kier molecular flexibility index (Phi) is 3.42. The first-order valence-electron chi connectivity index (χ1n) is 6.50. The third-order valence-electron chi connectivity index (χ3n) is 3.38. The molecule has 120 valence electrons. The summed E-state index contributed by atoms with van der Waals surface area (Å²) < 4.78 is 33.5. The van der Waals surface area contributed by atoms with Crippen molar-refractivity contribution in [2.45, 2.75) is 11.7 Å². The Morgan fingerprint density at radius 3 is 2.48 bits per heavy atom. The normalized spacial score (nSPS) is 11.9. The fourth-order valence-electron chi connectivity index (χ4n) is 2.24. The highest BCUT2D eigenvalue weighted by atomic mass is 32.2. The lowest BCUT2D eigenvalue weighted by Gasteiger charge is -2.08. The molecule has 0 amide bonds. The van der Waals surface area contributed by atoms with Crippen molar-refractivity contribution in [3.63, 3.8) is 0 Å². The van der Waals surface area contributed by atoms with E-state index in [0.29, 0.717) is 0 Å². The summed E-state index contributed by atoms with van der Waals surface area (Å²) in [5.74, 6) is 0. The topological polar surface area (TPSA) is 127 Å². The average Bonchev–Trinajstić information content (AvgIpc) is 2.96. The van der Waals surface area contributed by atoms with Crippen LogP contribution in [0.2, 0.25) is 0 Å². The van der Waals surface area contributed by atoms with Crippen LogP contribution < -0.4 is 11.2 Å². The van der Waals surface area contributed by atoms with Crippen molar-refractivity contribution in [1.82, 2.24) is 19.1 Å². The van der Waals surface area contributed by atoms with Gasteiger partial charge in [-0.1, -0.05) is 30.3 Å². The van der Waals surface area contributed by atoms with Gasteiger partial charge in [-0.05, 0) is 5.56 Å². The molecule has 3 aromatic rings. The maximum absolute atomic E-state index is 12.3. The van der Waals surface area contributed by atoms with E-state index in [4.69, 9.17) is 4.55 Å². The van der Waals surface area contributed by atoms with E-state index in [1.807, 2.05) is 6.07 Å². The molecule has 2 heterocycles. The highest BCUT2D eigenvalue weighted by Gasteiger charge is 2.21. The molecule has 23 heavy (non-hydrogen) atoms. The predicted octanol–water partition coefficient (Wildman–Crippen LogP) is -0.282. The molecule has 0 unspecified atom stereocenters. The highest BCUT2D eigenvalue weighted by molar-refractivity contribution is 7.85. The second-order valence-electron chi connectivity index (χ2n) is 4.93. The molecule has 2 aromatic heterocycles. The average molecular weight is 336 g/mol. The Morgan fingerprint density at radius 1 is 1.22 bits per heavy atom. The SMILES string of the molecule is Cn1c(=O)c2[nH]c(S(=O)(=O)O)nc2n(Cc2ccccc2)c1=O. The van der Waals surface area contributed by atoms with E-state index in [9.17, 15) is 18.0 Å². The van der Waals surface area contributed by atoms with Gasteiger partial charge in [0.25, 0.3) is 10.7 Å². The summed E-state index contributed by atoms with van der Waals surface area (Å²) in [4.78, 5) is 30.4. The molecule has 0 saturated carbocycles. The molecule has 0 aliphatic heterocycles. The van der Waals surface area contributed by atoms with Crippen LogP contribution in [0.5, 0.6) is 0 Å². The first kappa shape index (κ1) is 15.2. The van der Waals surface area contributed by atoms with E-state index in [-0.39, 0.29) is 17.7 Å². The minimum atomic E-state index is -4.63. The third-order valence-corrected chi connectivity index (χ3v) is 4.06. The summed E-state index contributed by atoms with van der Waals surface area (Å²) in [5, 5.41) is -0.781. The maximum Gasteiger partial charge on any atom is 0.332 e. The summed E-state index contributed by atoms with van der Waals surface area (Å²) >= 11 is 0. The van der Waals surface area contributed by atoms with Gasteiger partial charge in [0.05, 0.1) is 6.54 Å². The number of rotatable bonds is 3. The molecule has 3 rings (SSSR count). The van der Waals surface area contributed by atoms with Crippen LogP contribution in [-0.2, 0) is 23.7 Å². The van der Waals surface area contributed by atoms with Crippen LogP contribution in [0.3, 0.4) is 0 Å². The first-order valence-corrected chi connectivity index (χ1v) is 7.94. The van der Waals surface area contributed by atoms with Crippen LogP contribution in [0.25, 0.3) is 11.2 Å². The van der Waals surface area contributed by atoms with Gasteiger partial charge in [-0.25, -0.2) is 4.79 Å². The Bertz CT molecular complexity index is 1110. The zero-order valence-electron chi connectivity index (χ0n) is 11.9. The Morgan fingerprint density at radius 2 is 1.87 bits per heavy atom. The largest absolute Gasteiger partial charge is 0.332 e. The van der Waals surface area contributed by atoms with E-state index in [0.717, 1.165) is 14.7 Å². The van der Waals surface area contributed by atoms with Crippen LogP contribution in [-0.4, -0.2) is 32.1 Å². The van der Waals surface area contributed by atoms with Crippen LogP contribution >= 0.6 is 0 Å². The molecule has 0 saturated heterocycles. The number of fused-ring (bicyclic) bond motifs is 1. The lowest BCUT2D eigenvalue weighted by Crippen LogP contribution is -2.38. The van der Waals surface area contributed by atoms with Gasteiger partial charge in [-0.2, -0.15) is 13.4 Å². The van der Waals surface area contributed by atoms with Gasteiger partial charge < -0.3 is 4.98 Å². The van der Waals surface area contributed by atoms with Crippen molar-refractivity contribution < 1.29 is 13.0 Å². The number of hydrogen-bond acceptors (Lipinski definition) is 5. The van der Waals surface area contributed by atoms with Gasteiger partial charge in [0.1, 0.15) is 0 Å². The Balaban J connectivity index is 2.34. The van der Waals surface area contributed by atoms with Crippen molar-refractivity contribution in [3.8, 4) is 0 Å². The lowest BCUT2D eigenvalue weighted by molar-refractivity contribution is 0.476. The van der Waals surface area contributed by atoms with Gasteiger partial charge in [0, 0.05) is 7.05 Å². The van der Waals surface area contributed by atoms with Crippen molar-refractivity contribution in [2.75, 3.05) is 0 Å². The number of aromatic nitrogens is 4. The van der Waals surface area contributed by atoms with E-state index in [1.165, 1.54) is 7.05 Å². The molecule has 0 aliphatic rings. The summed E-state index contributed by atoms with van der Waals surface area (Å²) in [6, 6.07) is 8.94. The number of imidazole rings is 1. The second kappa shape index (κ2) is 5.18. The van der Waals surface area contributed by atoms with Gasteiger partial charge in [0.15, 0.2) is 11.2 Å². The van der Waals surface area contributed by atoms with Gasteiger partial charge in [0.2, 0.25) is 0 Å². The van der Waals surface area contributed by atoms with Gasteiger partial charge in [-0.3, -0.25) is 18.5 Å². The molecule has 10 heteroatoms. The van der Waals surface area contributed by atoms with E-state index in [1.54, 1.807) is 24.3 Å². The van der Waals surface area contributed by atoms with E-state index in [2.05, 4.69) is 9.97 Å². The summed E-state index contributed by atoms with van der Waals surface area (Å²) in [5.41, 5.74) is -0.896. The van der Waals surface area contributed by atoms with Crippen LogP contribution in [0.15, 0.2) is 45.1 Å². The molecule has 9 nitrogen and oxygen atoms in total.